The van der Waals surface area contributed by atoms with Crippen LogP contribution in [0.4, 0.5) is 0 Å². The minimum Gasteiger partial charge on any atom is -0.339 e. The van der Waals surface area contributed by atoms with Crippen molar-refractivity contribution in [1.82, 2.24) is 15.5 Å². The molecule has 0 radical (unpaired) electrons. The summed E-state index contributed by atoms with van der Waals surface area (Å²) in [4.78, 5) is 4.72. The first-order valence-electron chi connectivity index (χ1n) is 7.97. The number of hydrogen-bond donors (Lipinski definition) is 1. The molecule has 1 aliphatic heterocycles. The van der Waals surface area contributed by atoms with E-state index in [4.69, 9.17) is 9.51 Å². The van der Waals surface area contributed by atoms with Crippen LogP contribution in [-0.4, -0.2) is 39.5 Å². The van der Waals surface area contributed by atoms with Gasteiger partial charge in [0.25, 0.3) is 0 Å². The van der Waals surface area contributed by atoms with E-state index in [0.717, 1.165) is 18.1 Å². The van der Waals surface area contributed by atoms with E-state index in [0.29, 0.717) is 10.5 Å². The number of aromatic nitrogens is 2. The van der Waals surface area contributed by atoms with Crippen LogP contribution in [0.15, 0.2) is 4.52 Å². The number of nitrogens with one attached hydrogen (secondary N) is 1. The van der Waals surface area contributed by atoms with Gasteiger partial charge in [-0.3, -0.25) is 0 Å². The predicted molar refractivity (Wildman–Crippen MR) is 90.0 cm³/mol. The largest absolute Gasteiger partial charge is 0.339 e. The molecule has 2 fully saturated rings. The van der Waals surface area contributed by atoms with E-state index < -0.39 is 0 Å². The van der Waals surface area contributed by atoms with Gasteiger partial charge in [-0.1, -0.05) is 31.3 Å². The van der Waals surface area contributed by atoms with Crippen LogP contribution in [0.3, 0.4) is 0 Å². The van der Waals surface area contributed by atoms with Crippen molar-refractivity contribution in [2.45, 2.75) is 61.5 Å². The van der Waals surface area contributed by atoms with Crippen molar-refractivity contribution in [3.63, 3.8) is 0 Å². The maximum atomic E-state index is 5.57. The summed E-state index contributed by atoms with van der Waals surface area (Å²) in [5, 5.41) is 8.76. The molecule has 1 saturated carbocycles. The van der Waals surface area contributed by atoms with Crippen molar-refractivity contribution in [3.8, 4) is 0 Å². The van der Waals surface area contributed by atoms with E-state index in [-0.39, 0.29) is 5.54 Å². The summed E-state index contributed by atoms with van der Waals surface area (Å²) >= 11 is 3.98. The van der Waals surface area contributed by atoms with Crippen LogP contribution in [0.2, 0.25) is 0 Å². The lowest BCUT2D eigenvalue weighted by Gasteiger charge is -2.36. The molecule has 1 aromatic rings. The van der Waals surface area contributed by atoms with Gasteiger partial charge >= 0.3 is 0 Å². The molecule has 0 amide bonds. The second kappa shape index (κ2) is 6.92. The molecule has 6 heteroatoms. The van der Waals surface area contributed by atoms with Gasteiger partial charge in [-0.05, 0) is 19.9 Å². The van der Waals surface area contributed by atoms with Gasteiger partial charge in [0.1, 0.15) is 0 Å². The Bertz CT molecular complexity index is 460. The number of likely N-dealkylation sites (N-methyl/N-ethyl adjacent to an activating group) is 1. The van der Waals surface area contributed by atoms with Crippen LogP contribution in [-0.2, 0) is 6.42 Å². The Labute approximate surface area is 135 Å². The smallest absolute Gasteiger partial charge is 0.228 e. The fraction of sp³-hybridized carbons (Fsp3) is 0.867. The normalized spacial score (nSPS) is 29.4. The highest BCUT2D eigenvalue weighted by Gasteiger charge is 2.34. The van der Waals surface area contributed by atoms with Crippen molar-refractivity contribution in [3.05, 3.63) is 11.7 Å². The fourth-order valence-corrected chi connectivity index (χ4v) is 6.08. The molecule has 2 atom stereocenters. The number of rotatable bonds is 4. The molecular formula is C15H25N3OS2. The third-order valence-corrected chi connectivity index (χ3v) is 7.84. The summed E-state index contributed by atoms with van der Waals surface area (Å²) in [6.45, 7) is 2.27. The van der Waals surface area contributed by atoms with Crippen LogP contribution in [0, 0.1) is 0 Å². The molecule has 1 aromatic heterocycles. The Morgan fingerprint density at radius 3 is 2.71 bits per heavy atom. The molecule has 0 spiro atoms. The second-order valence-electron chi connectivity index (χ2n) is 6.18. The van der Waals surface area contributed by atoms with Crippen molar-refractivity contribution in [1.29, 1.82) is 0 Å². The van der Waals surface area contributed by atoms with Gasteiger partial charge in [0.2, 0.25) is 5.89 Å². The van der Waals surface area contributed by atoms with E-state index in [1.807, 2.05) is 23.5 Å². The monoisotopic (exact) mass is 327 g/mol. The maximum Gasteiger partial charge on any atom is 0.228 e. The molecule has 118 valence electrons. The molecule has 21 heavy (non-hydrogen) atoms. The summed E-state index contributed by atoms with van der Waals surface area (Å²) in [5.41, 5.74) is 0.169. The molecule has 1 N–H and O–H groups in total. The van der Waals surface area contributed by atoms with Crippen molar-refractivity contribution >= 4 is 23.5 Å². The number of nitrogens with zero attached hydrogens (tertiary/aromatic N) is 2. The van der Waals surface area contributed by atoms with E-state index in [9.17, 15) is 0 Å². The van der Waals surface area contributed by atoms with Gasteiger partial charge < -0.3 is 9.84 Å². The highest BCUT2D eigenvalue weighted by atomic mass is 32.2. The quantitative estimate of drug-likeness (QED) is 0.914. The molecule has 2 heterocycles. The Balaban J connectivity index is 1.69. The molecule has 1 saturated heterocycles. The summed E-state index contributed by atoms with van der Waals surface area (Å²) in [7, 11) is 2.07. The maximum absolute atomic E-state index is 5.57. The van der Waals surface area contributed by atoms with Crippen molar-refractivity contribution in [2.75, 3.05) is 18.6 Å². The average molecular weight is 328 g/mol. The Kier molecular flexibility index (Phi) is 5.17. The third kappa shape index (κ3) is 3.59. The van der Waals surface area contributed by atoms with Crippen molar-refractivity contribution < 1.29 is 4.52 Å². The minimum atomic E-state index is 0.169. The summed E-state index contributed by atoms with van der Waals surface area (Å²) in [5.74, 6) is 4.13. The average Bonchev–Trinajstić information content (AvgIpc) is 2.97. The highest BCUT2D eigenvalue weighted by molar-refractivity contribution is 8.06. The molecule has 0 aromatic carbocycles. The van der Waals surface area contributed by atoms with Crippen LogP contribution >= 0.6 is 23.5 Å². The summed E-state index contributed by atoms with van der Waals surface area (Å²) in [6, 6.07) is 0. The van der Waals surface area contributed by atoms with Crippen molar-refractivity contribution in [2.24, 2.45) is 0 Å². The second-order valence-corrected chi connectivity index (χ2v) is 8.92. The first kappa shape index (κ1) is 15.7. The third-order valence-electron chi connectivity index (χ3n) is 4.76. The predicted octanol–water partition coefficient (Wildman–Crippen LogP) is 3.44. The lowest BCUT2D eigenvalue weighted by atomic mass is 9.79. The van der Waals surface area contributed by atoms with Crippen LogP contribution in [0.1, 0.15) is 56.0 Å². The zero-order valence-electron chi connectivity index (χ0n) is 12.9. The van der Waals surface area contributed by atoms with Crippen LogP contribution in [0.5, 0.6) is 0 Å². The fourth-order valence-electron chi connectivity index (χ4n) is 3.41. The first-order chi connectivity index (χ1) is 10.2. The standard InChI is InChI=1S/C15H25N3OS2/c1-11-13(21-9-8-20-11)14-17-12(19-18-14)10-15(16-2)6-4-3-5-7-15/h11,13,16H,3-10H2,1-2H3. The molecule has 1 aliphatic carbocycles. The van der Waals surface area contributed by atoms with Gasteiger partial charge in [0.15, 0.2) is 5.82 Å². The van der Waals surface area contributed by atoms with Crippen LogP contribution in [0.25, 0.3) is 0 Å². The first-order valence-corrected chi connectivity index (χ1v) is 10.1. The molecule has 0 bridgehead atoms. The molecule has 4 nitrogen and oxygen atoms in total. The number of hydrogen-bond acceptors (Lipinski definition) is 6. The Hall–Kier alpha value is -0.200. The number of thioether (sulfide) groups is 2. The van der Waals surface area contributed by atoms with Gasteiger partial charge in [-0.2, -0.15) is 16.7 Å². The Morgan fingerprint density at radius 1 is 1.24 bits per heavy atom. The minimum absolute atomic E-state index is 0.169. The van der Waals surface area contributed by atoms with Gasteiger partial charge in [0.05, 0.1) is 5.25 Å². The Morgan fingerprint density at radius 2 is 2.00 bits per heavy atom. The molecule has 2 aliphatic rings. The van der Waals surface area contributed by atoms with Gasteiger partial charge in [0, 0.05) is 28.7 Å². The molecular weight excluding hydrogens is 302 g/mol. The SMILES string of the molecule is CNC1(Cc2nc(C3SCCSC3C)no2)CCCCC1. The summed E-state index contributed by atoms with van der Waals surface area (Å²) in [6.07, 6.45) is 7.25. The van der Waals surface area contributed by atoms with Gasteiger partial charge in [-0.25, -0.2) is 0 Å². The molecule has 2 unspecified atom stereocenters. The highest BCUT2D eigenvalue weighted by Crippen LogP contribution is 2.41. The van der Waals surface area contributed by atoms with E-state index in [1.54, 1.807) is 0 Å². The van der Waals surface area contributed by atoms with E-state index >= 15 is 0 Å². The van der Waals surface area contributed by atoms with Crippen LogP contribution < -0.4 is 5.32 Å². The topological polar surface area (TPSA) is 51.0 Å². The zero-order valence-corrected chi connectivity index (χ0v) is 14.6. The lowest BCUT2D eigenvalue weighted by molar-refractivity contribution is 0.221. The summed E-state index contributed by atoms with van der Waals surface area (Å²) < 4.78 is 5.57. The van der Waals surface area contributed by atoms with Gasteiger partial charge in [-0.15, -0.1) is 11.8 Å². The van der Waals surface area contributed by atoms with E-state index in [1.165, 1.54) is 43.6 Å². The zero-order chi connectivity index (χ0) is 14.7. The molecule has 3 rings (SSSR count). The van der Waals surface area contributed by atoms with E-state index in [2.05, 4.69) is 24.4 Å². The lowest BCUT2D eigenvalue weighted by Crippen LogP contribution is -2.46.